The van der Waals surface area contributed by atoms with Gasteiger partial charge in [-0.2, -0.15) is 0 Å². The highest BCUT2D eigenvalue weighted by molar-refractivity contribution is 6.22. The van der Waals surface area contributed by atoms with Gasteiger partial charge in [-0.1, -0.05) is 32.4 Å². The highest BCUT2D eigenvalue weighted by Gasteiger charge is 2.22. The Hall–Kier alpha value is 0.500. The summed E-state index contributed by atoms with van der Waals surface area (Å²) in [7, 11) is 0. The zero-order valence-electron chi connectivity index (χ0n) is 8.01. The average molecular weight is 216 g/mol. The van der Waals surface area contributed by atoms with Gasteiger partial charge in [-0.15, -0.1) is 12.4 Å². The summed E-state index contributed by atoms with van der Waals surface area (Å²) in [4.78, 5) is 2.11. The Balaban J connectivity index is 0. The Morgan fingerprint density at radius 1 is 1.25 bits per heavy atom. The Bertz CT molecular complexity index is 105. The number of hydrogen-bond donors (Lipinski definition) is 1. The summed E-state index contributed by atoms with van der Waals surface area (Å²) in [6, 6.07) is 0. The molecular weight excluding hydrogens is 197 g/mol. The van der Waals surface area contributed by atoms with Crippen LogP contribution in [0.1, 0.15) is 27.2 Å². The predicted octanol–water partition coefficient (Wildman–Crippen LogP) is 2.09. The van der Waals surface area contributed by atoms with Gasteiger partial charge in [-0.25, -0.2) is 0 Å². The normalized spacial score (nSPS) is 15.5. The van der Waals surface area contributed by atoms with E-state index in [4.69, 9.17) is 11.6 Å². The van der Waals surface area contributed by atoms with Crippen molar-refractivity contribution < 1.29 is 5.11 Å². The smallest absolute Gasteiger partial charge is 0.150 e. The number of alkyl halides is 1. The van der Waals surface area contributed by atoms with Gasteiger partial charge in [0.15, 0.2) is 5.06 Å². The molecule has 76 valence electrons. The first kappa shape index (κ1) is 15.0. The van der Waals surface area contributed by atoms with Crippen LogP contribution in [0, 0.1) is 0 Å². The SMILES string of the molecule is CCN(CC)CC(O)(Cl)CC.Cl. The molecule has 0 bridgehead atoms. The van der Waals surface area contributed by atoms with Crippen LogP contribution in [-0.2, 0) is 0 Å². The van der Waals surface area contributed by atoms with Crippen molar-refractivity contribution in [2.24, 2.45) is 0 Å². The molecule has 4 heteroatoms. The average Bonchev–Trinajstić information content (AvgIpc) is 2.00. The van der Waals surface area contributed by atoms with Crippen LogP contribution >= 0.6 is 24.0 Å². The number of nitrogens with zero attached hydrogens (tertiary/aromatic N) is 1. The summed E-state index contributed by atoms with van der Waals surface area (Å²) in [6.45, 7) is 8.43. The second-order valence-corrected chi connectivity index (χ2v) is 3.44. The first-order chi connectivity index (χ1) is 5.05. The van der Waals surface area contributed by atoms with Gasteiger partial charge < -0.3 is 5.11 Å². The molecule has 12 heavy (non-hydrogen) atoms. The zero-order chi connectivity index (χ0) is 8.91. The molecule has 0 aliphatic carbocycles. The molecule has 1 unspecified atom stereocenters. The first-order valence-electron chi connectivity index (χ1n) is 4.19. The fraction of sp³-hybridized carbons (Fsp3) is 1.00. The lowest BCUT2D eigenvalue weighted by Gasteiger charge is -2.26. The molecule has 0 rings (SSSR count). The van der Waals surface area contributed by atoms with E-state index >= 15 is 0 Å². The lowest BCUT2D eigenvalue weighted by Crippen LogP contribution is -2.38. The standard InChI is InChI=1S/C8H18ClNO.ClH/c1-4-8(9,11)7-10(5-2)6-3;/h11H,4-7H2,1-3H3;1H. The van der Waals surface area contributed by atoms with E-state index < -0.39 is 5.06 Å². The summed E-state index contributed by atoms with van der Waals surface area (Å²) in [5, 5.41) is 8.44. The van der Waals surface area contributed by atoms with Crippen LogP contribution in [0.2, 0.25) is 0 Å². The minimum atomic E-state index is -1.04. The van der Waals surface area contributed by atoms with Crippen LogP contribution in [-0.4, -0.2) is 34.7 Å². The molecule has 2 nitrogen and oxygen atoms in total. The van der Waals surface area contributed by atoms with Gasteiger partial charge >= 0.3 is 0 Å². The predicted molar refractivity (Wildman–Crippen MR) is 56.1 cm³/mol. The molecule has 0 aromatic rings. The fourth-order valence-electron chi connectivity index (χ4n) is 0.902. The highest BCUT2D eigenvalue weighted by Crippen LogP contribution is 2.16. The van der Waals surface area contributed by atoms with Crippen molar-refractivity contribution in [3.8, 4) is 0 Å². The van der Waals surface area contributed by atoms with Gasteiger partial charge in [0.25, 0.3) is 0 Å². The van der Waals surface area contributed by atoms with Gasteiger partial charge in [0.1, 0.15) is 0 Å². The number of rotatable bonds is 5. The third kappa shape index (κ3) is 6.06. The maximum Gasteiger partial charge on any atom is 0.150 e. The summed E-state index contributed by atoms with van der Waals surface area (Å²) in [5.74, 6) is 0. The summed E-state index contributed by atoms with van der Waals surface area (Å²) < 4.78 is 0. The lowest BCUT2D eigenvalue weighted by atomic mass is 10.2. The third-order valence-electron chi connectivity index (χ3n) is 1.90. The van der Waals surface area contributed by atoms with Crippen molar-refractivity contribution in [1.82, 2.24) is 4.90 Å². The molecule has 1 atom stereocenters. The second-order valence-electron chi connectivity index (χ2n) is 2.73. The Morgan fingerprint density at radius 3 is 1.92 bits per heavy atom. The van der Waals surface area contributed by atoms with Crippen LogP contribution in [0.5, 0.6) is 0 Å². The van der Waals surface area contributed by atoms with E-state index in [2.05, 4.69) is 18.7 Å². The number of halogens is 2. The number of aliphatic hydroxyl groups is 1. The number of likely N-dealkylation sites (N-methyl/N-ethyl adjacent to an activating group) is 1. The van der Waals surface area contributed by atoms with Crippen molar-refractivity contribution >= 4 is 24.0 Å². The molecule has 0 aromatic carbocycles. The minimum Gasteiger partial charge on any atom is -0.374 e. The van der Waals surface area contributed by atoms with E-state index in [-0.39, 0.29) is 12.4 Å². The monoisotopic (exact) mass is 215 g/mol. The summed E-state index contributed by atoms with van der Waals surface area (Å²) in [5.41, 5.74) is 0. The van der Waals surface area contributed by atoms with Gasteiger partial charge in [-0.05, 0) is 19.5 Å². The van der Waals surface area contributed by atoms with Crippen molar-refractivity contribution in [1.29, 1.82) is 0 Å². The third-order valence-corrected chi connectivity index (χ3v) is 2.29. The Labute approximate surface area is 86.3 Å². The molecule has 0 radical (unpaired) electrons. The lowest BCUT2D eigenvalue weighted by molar-refractivity contribution is 0.0769. The van der Waals surface area contributed by atoms with E-state index in [1.807, 2.05) is 6.92 Å². The van der Waals surface area contributed by atoms with Gasteiger partial charge in [-0.3, -0.25) is 4.90 Å². The second kappa shape index (κ2) is 6.96. The first-order valence-corrected chi connectivity index (χ1v) is 4.57. The summed E-state index contributed by atoms with van der Waals surface area (Å²) >= 11 is 5.79. The van der Waals surface area contributed by atoms with Crippen LogP contribution in [0.4, 0.5) is 0 Å². The molecule has 0 saturated heterocycles. The molecule has 0 fully saturated rings. The molecule has 0 aliphatic heterocycles. The quantitative estimate of drug-likeness (QED) is 0.711. The highest BCUT2D eigenvalue weighted by atomic mass is 35.5. The zero-order valence-corrected chi connectivity index (χ0v) is 9.58. The molecular formula is C8H19Cl2NO. The number of hydrogen-bond acceptors (Lipinski definition) is 2. The Kier molecular flexibility index (Phi) is 8.69. The maximum atomic E-state index is 9.48. The van der Waals surface area contributed by atoms with Crippen LogP contribution in [0.25, 0.3) is 0 Å². The minimum absolute atomic E-state index is 0. The Morgan fingerprint density at radius 2 is 1.67 bits per heavy atom. The van der Waals surface area contributed by atoms with Crippen molar-refractivity contribution in [3.63, 3.8) is 0 Å². The molecule has 0 aliphatic rings. The molecule has 0 spiro atoms. The van der Waals surface area contributed by atoms with E-state index in [0.29, 0.717) is 13.0 Å². The largest absolute Gasteiger partial charge is 0.374 e. The van der Waals surface area contributed by atoms with Crippen LogP contribution < -0.4 is 0 Å². The van der Waals surface area contributed by atoms with Crippen molar-refractivity contribution in [2.75, 3.05) is 19.6 Å². The molecule has 0 saturated carbocycles. The van der Waals surface area contributed by atoms with Crippen molar-refractivity contribution in [3.05, 3.63) is 0 Å². The van der Waals surface area contributed by atoms with Gasteiger partial charge in [0, 0.05) is 6.54 Å². The van der Waals surface area contributed by atoms with Crippen molar-refractivity contribution in [2.45, 2.75) is 32.3 Å². The van der Waals surface area contributed by atoms with E-state index in [9.17, 15) is 5.11 Å². The van der Waals surface area contributed by atoms with E-state index in [1.54, 1.807) is 0 Å². The molecule has 0 heterocycles. The van der Waals surface area contributed by atoms with E-state index in [0.717, 1.165) is 13.1 Å². The van der Waals surface area contributed by atoms with Crippen LogP contribution in [0.15, 0.2) is 0 Å². The maximum absolute atomic E-state index is 9.48. The summed E-state index contributed by atoms with van der Waals surface area (Å²) in [6.07, 6.45) is 0.588. The molecule has 0 amide bonds. The molecule has 0 aromatic heterocycles. The van der Waals surface area contributed by atoms with Gasteiger partial charge in [0.2, 0.25) is 0 Å². The fourth-order valence-corrected chi connectivity index (χ4v) is 1.07. The van der Waals surface area contributed by atoms with Crippen LogP contribution in [0.3, 0.4) is 0 Å². The topological polar surface area (TPSA) is 23.5 Å². The van der Waals surface area contributed by atoms with E-state index in [1.165, 1.54) is 0 Å². The molecule has 1 N–H and O–H groups in total. The van der Waals surface area contributed by atoms with Gasteiger partial charge in [0.05, 0.1) is 0 Å².